The second-order valence-corrected chi connectivity index (χ2v) is 6.12. The van der Waals surface area contributed by atoms with Gasteiger partial charge in [-0.15, -0.1) is 0 Å². The van der Waals surface area contributed by atoms with Crippen molar-refractivity contribution in [2.75, 3.05) is 25.1 Å². The summed E-state index contributed by atoms with van der Waals surface area (Å²) in [7, 11) is 1.68. The molecule has 1 unspecified atom stereocenters. The normalized spacial score (nSPS) is 23.5. The molecule has 1 saturated carbocycles. The fraction of sp³-hybridized carbons (Fsp3) is 0.562. The van der Waals surface area contributed by atoms with Crippen molar-refractivity contribution in [3.8, 4) is 5.75 Å². The highest BCUT2D eigenvalue weighted by molar-refractivity contribution is 5.89. The van der Waals surface area contributed by atoms with E-state index < -0.39 is 5.54 Å². The first kappa shape index (κ1) is 14.2. The summed E-state index contributed by atoms with van der Waals surface area (Å²) in [5.74, 6) is 0.873. The lowest BCUT2D eigenvalue weighted by Crippen LogP contribution is -2.53. The second kappa shape index (κ2) is 5.56. The Bertz CT molecular complexity index is 528. The summed E-state index contributed by atoms with van der Waals surface area (Å²) in [6, 6.07) is 8.24. The molecule has 1 amide bonds. The molecule has 114 valence electrons. The lowest BCUT2D eigenvalue weighted by atomic mass is 10.0. The fourth-order valence-corrected chi connectivity index (χ4v) is 2.83. The molecule has 2 fully saturated rings. The first-order valence-corrected chi connectivity index (χ1v) is 7.59. The lowest BCUT2D eigenvalue weighted by Gasteiger charge is -2.35. The number of nitrogens with zero attached hydrogens (tertiary/aromatic N) is 1. The van der Waals surface area contributed by atoms with Gasteiger partial charge in [0.15, 0.2) is 0 Å². The molecule has 0 aromatic heterocycles. The van der Waals surface area contributed by atoms with Crippen LogP contribution in [-0.4, -0.2) is 37.7 Å². The fourth-order valence-electron chi connectivity index (χ4n) is 2.83. The van der Waals surface area contributed by atoms with Gasteiger partial charge in [0, 0.05) is 30.9 Å². The van der Waals surface area contributed by atoms with E-state index >= 15 is 0 Å². The summed E-state index contributed by atoms with van der Waals surface area (Å²) in [4.78, 5) is 14.4. The second-order valence-electron chi connectivity index (χ2n) is 6.12. The first-order valence-electron chi connectivity index (χ1n) is 7.59. The highest BCUT2D eigenvalue weighted by Gasteiger charge is 2.46. The van der Waals surface area contributed by atoms with Gasteiger partial charge in [-0.3, -0.25) is 4.79 Å². The number of rotatable bonds is 4. The van der Waals surface area contributed by atoms with Gasteiger partial charge in [0.25, 0.3) is 0 Å². The standard InChI is InChI=1S/C16H23N3O2/c1-21-14-6-2-5-13(10-14)19-9-3-4-12(11-19)18-15(20)16(17)7-8-16/h2,5-6,10,12H,3-4,7-9,11,17H2,1H3,(H,18,20). The summed E-state index contributed by atoms with van der Waals surface area (Å²) in [6.07, 6.45) is 3.71. The van der Waals surface area contributed by atoms with Gasteiger partial charge in [-0.2, -0.15) is 0 Å². The van der Waals surface area contributed by atoms with Crippen molar-refractivity contribution in [3.05, 3.63) is 24.3 Å². The Balaban J connectivity index is 1.63. The topological polar surface area (TPSA) is 67.6 Å². The molecule has 0 bridgehead atoms. The van der Waals surface area contributed by atoms with Gasteiger partial charge in [0.1, 0.15) is 5.75 Å². The Morgan fingerprint density at radius 1 is 1.48 bits per heavy atom. The minimum Gasteiger partial charge on any atom is -0.497 e. The number of anilines is 1. The zero-order chi connectivity index (χ0) is 14.9. The van der Waals surface area contributed by atoms with Gasteiger partial charge in [0.2, 0.25) is 5.91 Å². The lowest BCUT2D eigenvalue weighted by molar-refractivity contribution is -0.124. The molecular formula is C16H23N3O2. The number of carbonyl (C=O) groups is 1. The van der Waals surface area contributed by atoms with Crippen molar-refractivity contribution in [3.63, 3.8) is 0 Å². The Hall–Kier alpha value is -1.75. The molecule has 3 rings (SSSR count). The van der Waals surface area contributed by atoms with E-state index in [4.69, 9.17) is 10.5 Å². The molecule has 5 nitrogen and oxygen atoms in total. The van der Waals surface area contributed by atoms with Crippen molar-refractivity contribution in [1.29, 1.82) is 0 Å². The Labute approximate surface area is 125 Å². The number of amides is 1. The Morgan fingerprint density at radius 2 is 2.29 bits per heavy atom. The van der Waals surface area contributed by atoms with E-state index in [1.54, 1.807) is 7.11 Å². The van der Waals surface area contributed by atoms with Crippen molar-refractivity contribution in [2.45, 2.75) is 37.3 Å². The van der Waals surface area contributed by atoms with Gasteiger partial charge >= 0.3 is 0 Å². The van der Waals surface area contributed by atoms with E-state index in [0.29, 0.717) is 0 Å². The van der Waals surface area contributed by atoms with Crippen LogP contribution < -0.4 is 20.7 Å². The van der Waals surface area contributed by atoms with Crippen molar-refractivity contribution < 1.29 is 9.53 Å². The van der Waals surface area contributed by atoms with Gasteiger partial charge in [0.05, 0.1) is 12.6 Å². The average molecular weight is 289 g/mol. The average Bonchev–Trinajstić information content (AvgIpc) is 3.27. The van der Waals surface area contributed by atoms with E-state index in [1.165, 1.54) is 0 Å². The molecule has 0 spiro atoms. The van der Waals surface area contributed by atoms with E-state index in [2.05, 4.69) is 16.3 Å². The maximum Gasteiger partial charge on any atom is 0.240 e. The van der Waals surface area contributed by atoms with E-state index in [0.717, 1.165) is 50.2 Å². The van der Waals surface area contributed by atoms with Gasteiger partial charge in [-0.25, -0.2) is 0 Å². The molecule has 1 heterocycles. The molecule has 3 N–H and O–H groups in total. The molecule has 1 aliphatic heterocycles. The predicted octanol–water partition coefficient (Wildman–Crippen LogP) is 1.27. The SMILES string of the molecule is COc1cccc(N2CCCC(NC(=O)C3(N)CC3)C2)c1. The number of carbonyl (C=O) groups excluding carboxylic acids is 1. The summed E-state index contributed by atoms with van der Waals surface area (Å²) in [6.45, 7) is 1.84. The van der Waals surface area contributed by atoms with Crippen LogP contribution in [0.3, 0.4) is 0 Å². The number of methoxy groups -OCH3 is 1. The van der Waals surface area contributed by atoms with Crippen LogP contribution in [0.25, 0.3) is 0 Å². The highest BCUT2D eigenvalue weighted by Crippen LogP contribution is 2.32. The van der Waals surface area contributed by atoms with Crippen molar-refractivity contribution in [2.24, 2.45) is 5.73 Å². The third kappa shape index (κ3) is 3.13. The van der Waals surface area contributed by atoms with E-state index in [1.807, 2.05) is 18.2 Å². The maximum absolute atomic E-state index is 12.1. The predicted molar refractivity (Wildman–Crippen MR) is 82.5 cm³/mol. The summed E-state index contributed by atoms with van der Waals surface area (Å²) >= 11 is 0. The summed E-state index contributed by atoms with van der Waals surface area (Å²) in [5.41, 5.74) is 6.50. The Morgan fingerprint density at radius 3 is 3.00 bits per heavy atom. The van der Waals surface area contributed by atoms with Gasteiger partial charge in [-0.1, -0.05) is 6.07 Å². The number of ether oxygens (including phenoxy) is 1. The molecule has 1 saturated heterocycles. The zero-order valence-electron chi connectivity index (χ0n) is 12.5. The summed E-state index contributed by atoms with van der Waals surface area (Å²) < 4.78 is 5.28. The van der Waals surface area contributed by atoms with Crippen LogP contribution >= 0.6 is 0 Å². The first-order chi connectivity index (χ1) is 10.1. The van der Waals surface area contributed by atoms with E-state index in [-0.39, 0.29) is 11.9 Å². The molecule has 0 radical (unpaired) electrons. The number of piperidine rings is 1. The monoisotopic (exact) mass is 289 g/mol. The van der Waals surface area contributed by atoms with Crippen LogP contribution in [0.2, 0.25) is 0 Å². The molecule has 1 atom stereocenters. The maximum atomic E-state index is 12.1. The molecule has 1 aliphatic carbocycles. The summed E-state index contributed by atoms with van der Waals surface area (Å²) in [5, 5.41) is 3.11. The van der Waals surface area contributed by atoms with Gasteiger partial charge in [-0.05, 0) is 37.8 Å². The molecule has 21 heavy (non-hydrogen) atoms. The molecular weight excluding hydrogens is 266 g/mol. The van der Waals surface area contributed by atoms with Crippen LogP contribution in [0.1, 0.15) is 25.7 Å². The molecule has 1 aromatic rings. The largest absolute Gasteiger partial charge is 0.497 e. The minimum atomic E-state index is -0.585. The van der Waals surface area contributed by atoms with Crippen LogP contribution in [0.5, 0.6) is 5.75 Å². The number of hydrogen-bond donors (Lipinski definition) is 2. The smallest absolute Gasteiger partial charge is 0.240 e. The van der Waals surface area contributed by atoms with Crippen LogP contribution in [-0.2, 0) is 4.79 Å². The molecule has 2 aliphatic rings. The number of benzene rings is 1. The van der Waals surface area contributed by atoms with Crippen LogP contribution in [0.15, 0.2) is 24.3 Å². The third-order valence-corrected chi connectivity index (χ3v) is 4.42. The van der Waals surface area contributed by atoms with Gasteiger partial charge < -0.3 is 20.7 Å². The van der Waals surface area contributed by atoms with Crippen LogP contribution in [0, 0.1) is 0 Å². The van der Waals surface area contributed by atoms with Crippen LogP contribution in [0.4, 0.5) is 5.69 Å². The minimum absolute atomic E-state index is 0.0139. The number of nitrogens with one attached hydrogen (secondary N) is 1. The van der Waals surface area contributed by atoms with E-state index in [9.17, 15) is 4.79 Å². The number of hydrogen-bond acceptors (Lipinski definition) is 4. The molecule has 5 heteroatoms. The molecule has 1 aromatic carbocycles. The van der Waals surface area contributed by atoms with Crippen molar-refractivity contribution >= 4 is 11.6 Å². The zero-order valence-corrected chi connectivity index (χ0v) is 12.5. The number of nitrogens with two attached hydrogens (primary N) is 1. The Kier molecular flexibility index (Phi) is 3.76. The third-order valence-electron chi connectivity index (χ3n) is 4.42. The highest BCUT2D eigenvalue weighted by atomic mass is 16.5. The quantitative estimate of drug-likeness (QED) is 0.876. The van der Waals surface area contributed by atoms with Crippen molar-refractivity contribution in [1.82, 2.24) is 5.32 Å².